The highest BCUT2D eigenvalue weighted by atomic mass is 32.2. The number of ether oxygens (including phenoxy) is 2. The molecule has 0 saturated carbocycles. The first-order valence-corrected chi connectivity index (χ1v) is 8.01. The maximum absolute atomic E-state index is 12.3. The van der Waals surface area contributed by atoms with Crippen LogP contribution in [0.5, 0.6) is 0 Å². The lowest BCUT2D eigenvalue weighted by atomic mass is 10.1. The number of amides is 1. The Morgan fingerprint density at radius 3 is 2.85 bits per heavy atom. The number of rotatable bonds is 8. The third-order valence-electron chi connectivity index (χ3n) is 3.07. The number of aliphatic carboxylic acids is 1. The number of hydrogen-bond donors (Lipinski definition) is 1. The van der Waals surface area contributed by atoms with Crippen molar-refractivity contribution in [3.05, 3.63) is 0 Å². The molecule has 1 rings (SSSR count). The highest BCUT2D eigenvalue weighted by Crippen LogP contribution is 2.20. The zero-order valence-corrected chi connectivity index (χ0v) is 12.9. The molecular weight excluding hydrogens is 282 g/mol. The molecule has 6 nitrogen and oxygen atoms in total. The van der Waals surface area contributed by atoms with Gasteiger partial charge in [0.15, 0.2) is 0 Å². The Morgan fingerprint density at radius 2 is 2.20 bits per heavy atom. The molecule has 0 aliphatic carbocycles. The van der Waals surface area contributed by atoms with Gasteiger partial charge in [-0.3, -0.25) is 9.59 Å². The maximum atomic E-state index is 12.3. The van der Waals surface area contributed by atoms with E-state index in [9.17, 15) is 9.59 Å². The van der Waals surface area contributed by atoms with Gasteiger partial charge < -0.3 is 19.5 Å². The molecule has 1 N–H and O–H groups in total. The predicted octanol–water partition coefficient (Wildman–Crippen LogP) is 0.847. The minimum absolute atomic E-state index is 0.00952. The molecule has 0 bridgehead atoms. The smallest absolute Gasteiger partial charge is 0.305 e. The molecule has 0 aromatic heterocycles. The Kier molecular flexibility index (Phi) is 7.94. The van der Waals surface area contributed by atoms with Crippen molar-refractivity contribution in [1.82, 2.24) is 4.90 Å². The monoisotopic (exact) mass is 305 g/mol. The van der Waals surface area contributed by atoms with Gasteiger partial charge in [-0.05, 0) is 13.8 Å². The summed E-state index contributed by atoms with van der Waals surface area (Å²) in [6.07, 6.45) is -0.570. The third kappa shape index (κ3) is 5.68. The summed E-state index contributed by atoms with van der Waals surface area (Å²) in [5.74, 6) is 0.505. The van der Waals surface area contributed by atoms with Gasteiger partial charge in [0.25, 0.3) is 5.91 Å². The standard InChI is InChI=1S/C13H23NO5S/c1-3-18-5-6-19-10(2)13(17)14-4-7-20-9-11(14)8-12(15)16/h10-11H,3-9H2,1-2H3,(H,15,16). The van der Waals surface area contributed by atoms with E-state index in [1.54, 1.807) is 23.6 Å². The van der Waals surface area contributed by atoms with Crippen LogP contribution in [0.2, 0.25) is 0 Å². The van der Waals surface area contributed by atoms with Gasteiger partial charge in [-0.1, -0.05) is 0 Å². The van der Waals surface area contributed by atoms with Crippen molar-refractivity contribution < 1.29 is 24.2 Å². The van der Waals surface area contributed by atoms with E-state index in [1.807, 2.05) is 6.92 Å². The Bertz CT molecular complexity index is 326. The maximum Gasteiger partial charge on any atom is 0.305 e. The minimum Gasteiger partial charge on any atom is -0.481 e. The van der Waals surface area contributed by atoms with Gasteiger partial charge in [0.2, 0.25) is 0 Å². The Balaban J connectivity index is 2.47. The number of carboxylic acid groups (broad SMARTS) is 1. The summed E-state index contributed by atoms with van der Waals surface area (Å²) in [6, 6.07) is -0.239. The van der Waals surface area contributed by atoms with Crippen molar-refractivity contribution in [3.63, 3.8) is 0 Å². The van der Waals surface area contributed by atoms with Crippen LogP contribution in [0, 0.1) is 0 Å². The summed E-state index contributed by atoms with van der Waals surface area (Å²) in [5, 5.41) is 8.91. The molecule has 1 amide bonds. The molecule has 0 spiro atoms. The van der Waals surface area contributed by atoms with Crippen LogP contribution in [0.4, 0.5) is 0 Å². The van der Waals surface area contributed by atoms with Gasteiger partial charge in [-0.15, -0.1) is 0 Å². The van der Waals surface area contributed by atoms with Crippen molar-refractivity contribution in [2.75, 3.05) is 37.9 Å². The zero-order chi connectivity index (χ0) is 15.0. The lowest BCUT2D eigenvalue weighted by molar-refractivity contribution is -0.147. The molecule has 2 unspecified atom stereocenters. The molecule has 1 fully saturated rings. The number of nitrogens with zero attached hydrogens (tertiary/aromatic N) is 1. The molecule has 2 atom stereocenters. The normalized spacial score (nSPS) is 20.7. The van der Waals surface area contributed by atoms with E-state index in [0.717, 1.165) is 5.75 Å². The molecule has 20 heavy (non-hydrogen) atoms. The molecule has 116 valence electrons. The summed E-state index contributed by atoms with van der Waals surface area (Å²) in [5.41, 5.74) is 0. The number of carboxylic acids is 1. The highest BCUT2D eigenvalue weighted by molar-refractivity contribution is 7.99. The van der Waals surface area contributed by atoms with E-state index in [4.69, 9.17) is 14.6 Å². The van der Waals surface area contributed by atoms with Gasteiger partial charge in [0.05, 0.1) is 25.7 Å². The fourth-order valence-electron chi connectivity index (χ4n) is 2.05. The lowest BCUT2D eigenvalue weighted by Crippen LogP contribution is -2.50. The van der Waals surface area contributed by atoms with Gasteiger partial charge >= 0.3 is 5.97 Å². The van der Waals surface area contributed by atoms with Gasteiger partial charge in [0.1, 0.15) is 6.10 Å². The fourth-order valence-corrected chi connectivity index (χ4v) is 3.11. The van der Waals surface area contributed by atoms with E-state index in [1.165, 1.54) is 0 Å². The van der Waals surface area contributed by atoms with E-state index in [-0.39, 0.29) is 18.4 Å². The van der Waals surface area contributed by atoms with Crippen molar-refractivity contribution >= 4 is 23.6 Å². The third-order valence-corrected chi connectivity index (χ3v) is 4.16. The molecule has 0 aromatic rings. The average molecular weight is 305 g/mol. The SMILES string of the molecule is CCOCCOC(C)C(=O)N1CCSCC1CC(=O)O. The van der Waals surface area contributed by atoms with Crippen LogP contribution >= 0.6 is 11.8 Å². The summed E-state index contributed by atoms with van der Waals surface area (Å²) in [6.45, 7) is 5.64. The van der Waals surface area contributed by atoms with Crippen LogP contribution in [0.3, 0.4) is 0 Å². The Labute approximate surface area is 123 Å². The molecule has 0 radical (unpaired) electrons. The van der Waals surface area contributed by atoms with Crippen molar-refractivity contribution in [3.8, 4) is 0 Å². The van der Waals surface area contributed by atoms with Crippen molar-refractivity contribution in [2.45, 2.75) is 32.4 Å². The number of carbonyl (C=O) groups is 2. The average Bonchev–Trinajstić information content (AvgIpc) is 2.42. The van der Waals surface area contributed by atoms with Crippen molar-refractivity contribution in [1.29, 1.82) is 0 Å². The number of hydrogen-bond acceptors (Lipinski definition) is 5. The second kappa shape index (κ2) is 9.20. The van der Waals surface area contributed by atoms with Crippen molar-refractivity contribution in [2.24, 2.45) is 0 Å². The largest absolute Gasteiger partial charge is 0.481 e. The lowest BCUT2D eigenvalue weighted by Gasteiger charge is -2.36. The second-order valence-corrected chi connectivity index (χ2v) is 5.72. The molecular formula is C13H23NO5S. The summed E-state index contributed by atoms with van der Waals surface area (Å²) in [4.78, 5) is 24.8. The van der Waals surface area contributed by atoms with E-state index >= 15 is 0 Å². The van der Waals surface area contributed by atoms with E-state index in [2.05, 4.69) is 0 Å². The van der Waals surface area contributed by atoms with Crippen LogP contribution in [-0.2, 0) is 19.1 Å². The number of thioether (sulfide) groups is 1. The first kappa shape index (κ1) is 17.3. The second-order valence-electron chi connectivity index (χ2n) is 4.57. The van der Waals surface area contributed by atoms with Crippen LogP contribution < -0.4 is 0 Å². The van der Waals surface area contributed by atoms with Crippen LogP contribution in [-0.4, -0.2) is 71.9 Å². The molecule has 7 heteroatoms. The van der Waals surface area contributed by atoms with Crippen LogP contribution in [0.25, 0.3) is 0 Å². The topological polar surface area (TPSA) is 76.1 Å². The summed E-state index contributed by atoms with van der Waals surface area (Å²) < 4.78 is 10.6. The first-order valence-electron chi connectivity index (χ1n) is 6.85. The van der Waals surface area contributed by atoms with Gasteiger partial charge in [0, 0.05) is 24.7 Å². The molecule has 1 heterocycles. The molecule has 1 aliphatic rings. The molecule has 0 aromatic carbocycles. The quantitative estimate of drug-likeness (QED) is 0.670. The van der Waals surface area contributed by atoms with E-state index in [0.29, 0.717) is 32.1 Å². The molecule has 1 aliphatic heterocycles. The predicted molar refractivity (Wildman–Crippen MR) is 77.0 cm³/mol. The van der Waals surface area contributed by atoms with E-state index < -0.39 is 12.1 Å². The zero-order valence-electron chi connectivity index (χ0n) is 12.0. The van der Waals surface area contributed by atoms with Gasteiger partial charge in [-0.2, -0.15) is 11.8 Å². The number of carbonyl (C=O) groups excluding carboxylic acids is 1. The first-order chi connectivity index (χ1) is 9.56. The minimum atomic E-state index is -0.875. The summed E-state index contributed by atoms with van der Waals surface area (Å²) in [7, 11) is 0. The van der Waals surface area contributed by atoms with Crippen LogP contribution in [0.1, 0.15) is 20.3 Å². The molecule has 1 saturated heterocycles. The summed E-state index contributed by atoms with van der Waals surface area (Å²) >= 11 is 1.68. The highest BCUT2D eigenvalue weighted by Gasteiger charge is 2.31. The Morgan fingerprint density at radius 1 is 1.45 bits per heavy atom. The van der Waals surface area contributed by atoms with Gasteiger partial charge in [-0.25, -0.2) is 0 Å². The fraction of sp³-hybridized carbons (Fsp3) is 0.846. The van der Waals surface area contributed by atoms with Crippen LogP contribution in [0.15, 0.2) is 0 Å². The Hall–Kier alpha value is -0.790.